The predicted octanol–water partition coefficient (Wildman–Crippen LogP) is 3.06. The summed E-state index contributed by atoms with van der Waals surface area (Å²) in [4.78, 5) is 61.4. The number of nitrogens with zero attached hydrogens (tertiary/aromatic N) is 4. The maximum atomic E-state index is 14.7. The fourth-order valence-electron chi connectivity index (χ4n) is 6.75. The number of anilines is 1. The standard InChI is InChI=1S/C31H34FN5O11/c1-5-31(14-38)19(46-25(40)30-8-6-17(11-30)7-9-30)10-20(47-31)37-15-33-22-23(34-26(32)36-24(22)37)35-27(41)48-29(3,4)12-21(39)43-13-18-16(2)44-28(42)45-18/h1,15,17,19-20,38H,6-14H2,2-4H3,(H,34,35,36,41)/t17?,19-,20+,30?,31+/m0/s1. The van der Waals surface area contributed by atoms with Gasteiger partial charge in [-0.25, -0.2) is 14.6 Å². The van der Waals surface area contributed by atoms with E-state index >= 15 is 0 Å². The summed E-state index contributed by atoms with van der Waals surface area (Å²) < 4.78 is 48.0. The molecular weight excluding hydrogens is 637 g/mol. The minimum absolute atomic E-state index is 0.00843. The Labute approximate surface area is 272 Å². The van der Waals surface area contributed by atoms with E-state index in [2.05, 4.69) is 26.2 Å². The first kappa shape index (κ1) is 33.1. The number of aliphatic hydroxyl groups is 1. The molecule has 2 aliphatic carbocycles. The van der Waals surface area contributed by atoms with Crippen LogP contribution in [-0.4, -0.2) is 66.6 Å². The number of hydrogen-bond donors (Lipinski definition) is 2. The molecule has 3 fully saturated rings. The van der Waals surface area contributed by atoms with E-state index in [1.165, 1.54) is 31.7 Å². The molecule has 3 aromatic heterocycles. The molecule has 1 aliphatic heterocycles. The number of carbonyl (C=O) groups excluding carboxylic acids is 3. The van der Waals surface area contributed by atoms with Gasteiger partial charge in [0.05, 0.1) is 24.8 Å². The first-order chi connectivity index (χ1) is 22.7. The predicted molar refractivity (Wildman–Crippen MR) is 158 cm³/mol. The summed E-state index contributed by atoms with van der Waals surface area (Å²) in [5.41, 5.74) is -3.75. The lowest BCUT2D eigenvalue weighted by Gasteiger charge is -2.31. The van der Waals surface area contributed by atoms with Crippen LogP contribution in [0.1, 0.15) is 76.5 Å². The Kier molecular flexibility index (Phi) is 8.50. The molecule has 6 rings (SSSR count). The van der Waals surface area contributed by atoms with Crippen LogP contribution in [0, 0.1) is 36.7 Å². The average Bonchev–Trinajstić information content (AvgIpc) is 3.84. The SMILES string of the molecule is C#C[C@]1(CO)O[C@@H](n2cnc3c(NC(=O)OC(C)(C)CC(=O)OCc4oc(=O)oc4C)nc(F)nc32)C[C@@H]1OC(=O)C12CCC(CC1)C2. The maximum Gasteiger partial charge on any atom is 0.519 e. The second kappa shape index (κ2) is 12.3. The molecule has 3 aliphatic rings. The van der Waals surface area contributed by atoms with Crippen molar-refractivity contribution < 1.29 is 51.7 Å². The molecule has 2 bridgehead atoms. The van der Waals surface area contributed by atoms with Crippen LogP contribution in [0.25, 0.3) is 11.2 Å². The van der Waals surface area contributed by atoms with Crippen LogP contribution in [-0.2, 0) is 35.1 Å². The van der Waals surface area contributed by atoms with E-state index in [1.54, 1.807) is 0 Å². The quantitative estimate of drug-likeness (QED) is 0.138. The van der Waals surface area contributed by atoms with Crippen LogP contribution in [0.15, 0.2) is 20.0 Å². The van der Waals surface area contributed by atoms with Gasteiger partial charge in [0.1, 0.15) is 17.9 Å². The summed E-state index contributed by atoms with van der Waals surface area (Å²) >= 11 is 0. The highest BCUT2D eigenvalue weighted by Gasteiger charge is 2.56. The lowest BCUT2D eigenvalue weighted by molar-refractivity contribution is -0.170. The van der Waals surface area contributed by atoms with Crippen LogP contribution in [0.5, 0.6) is 0 Å². The van der Waals surface area contributed by atoms with E-state index in [0.717, 1.165) is 32.1 Å². The number of aromatic nitrogens is 4. The zero-order valence-electron chi connectivity index (χ0n) is 26.4. The molecule has 3 atom stereocenters. The first-order valence-corrected chi connectivity index (χ1v) is 15.4. The molecule has 1 amide bonds. The Morgan fingerprint density at radius 3 is 2.62 bits per heavy atom. The number of halogens is 1. The molecule has 0 spiro atoms. The number of hydrogen-bond acceptors (Lipinski definition) is 14. The fourth-order valence-corrected chi connectivity index (χ4v) is 6.75. The van der Waals surface area contributed by atoms with E-state index in [4.69, 9.17) is 34.2 Å². The van der Waals surface area contributed by atoms with Crippen molar-refractivity contribution in [2.45, 2.75) is 95.9 Å². The highest BCUT2D eigenvalue weighted by atomic mass is 19.1. The van der Waals surface area contributed by atoms with Crippen LogP contribution in [0.2, 0.25) is 0 Å². The smallest absolute Gasteiger partial charge is 0.457 e. The van der Waals surface area contributed by atoms with Crippen LogP contribution < -0.4 is 11.1 Å². The zero-order valence-corrected chi connectivity index (χ0v) is 26.4. The topological polar surface area (TPSA) is 207 Å². The van der Waals surface area contributed by atoms with Crippen LogP contribution >= 0.6 is 0 Å². The van der Waals surface area contributed by atoms with E-state index in [-0.39, 0.29) is 47.5 Å². The van der Waals surface area contributed by atoms with Crippen molar-refractivity contribution >= 4 is 35.0 Å². The summed E-state index contributed by atoms with van der Waals surface area (Å²) in [6.07, 6.45) is 6.56. The second-order valence-corrected chi connectivity index (χ2v) is 13.0. The number of carbonyl (C=O) groups is 3. The monoisotopic (exact) mass is 671 g/mol. The second-order valence-electron chi connectivity index (χ2n) is 13.0. The number of amides is 1. The molecule has 4 heterocycles. The van der Waals surface area contributed by atoms with Crippen LogP contribution in [0.3, 0.4) is 0 Å². The largest absolute Gasteiger partial charge is 0.519 e. The lowest BCUT2D eigenvalue weighted by atomic mass is 9.84. The third-order valence-electron chi connectivity index (χ3n) is 9.25. The molecule has 16 nitrogen and oxygen atoms in total. The number of aliphatic hydroxyl groups excluding tert-OH is 1. The van der Waals surface area contributed by atoms with E-state index in [1.807, 2.05) is 0 Å². The zero-order chi connectivity index (χ0) is 34.4. The Morgan fingerprint density at radius 2 is 2.00 bits per heavy atom. The molecule has 2 saturated carbocycles. The summed E-state index contributed by atoms with van der Waals surface area (Å²) in [5.74, 6) is 0.729. The minimum atomic E-state index is -1.67. The molecule has 48 heavy (non-hydrogen) atoms. The molecule has 2 N–H and O–H groups in total. The Bertz CT molecular complexity index is 1850. The van der Waals surface area contributed by atoms with Gasteiger partial charge in [0, 0.05) is 6.42 Å². The van der Waals surface area contributed by atoms with Gasteiger partial charge in [-0.1, -0.05) is 5.92 Å². The molecular formula is C31H34FN5O11. The number of aryl methyl sites for hydroxylation is 1. The first-order valence-electron chi connectivity index (χ1n) is 15.4. The van der Waals surface area contributed by atoms with Crippen molar-refractivity contribution in [2.24, 2.45) is 11.3 Å². The highest BCUT2D eigenvalue weighted by Crippen LogP contribution is 2.55. The average molecular weight is 672 g/mol. The van der Waals surface area contributed by atoms with E-state index in [0.29, 0.717) is 5.92 Å². The Morgan fingerprint density at radius 1 is 1.25 bits per heavy atom. The number of ether oxygens (including phenoxy) is 4. The molecule has 3 aromatic rings. The van der Waals surface area contributed by atoms with Gasteiger partial charge in [-0.2, -0.15) is 14.4 Å². The molecule has 1 saturated heterocycles. The third kappa shape index (κ3) is 6.24. The van der Waals surface area contributed by atoms with Crippen molar-refractivity contribution in [3.8, 4) is 12.3 Å². The third-order valence-corrected chi connectivity index (χ3v) is 9.25. The van der Waals surface area contributed by atoms with E-state index in [9.17, 15) is 28.7 Å². The summed E-state index contributed by atoms with van der Waals surface area (Å²) in [6, 6.07) is 0. The number of terminal acetylenes is 1. The van der Waals surface area contributed by atoms with Gasteiger partial charge in [-0.15, -0.1) is 6.42 Å². The summed E-state index contributed by atoms with van der Waals surface area (Å²) in [6.45, 7) is 3.34. The minimum Gasteiger partial charge on any atom is -0.457 e. The molecule has 0 aromatic carbocycles. The molecule has 0 radical (unpaired) electrons. The van der Waals surface area contributed by atoms with Gasteiger partial charge in [-0.3, -0.25) is 19.5 Å². The van der Waals surface area contributed by atoms with Gasteiger partial charge in [0.25, 0.3) is 0 Å². The summed E-state index contributed by atoms with van der Waals surface area (Å²) in [5, 5.41) is 12.6. The molecule has 0 unspecified atom stereocenters. The van der Waals surface area contributed by atoms with Crippen molar-refractivity contribution in [1.82, 2.24) is 19.5 Å². The van der Waals surface area contributed by atoms with Crippen LogP contribution in [0.4, 0.5) is 15.0 Å². The highest BCUT2D eigenvalue weighted by molar-refractivity contribution is 5.93. The number of fused-ring (bicyclic) bond motifs is 3. The molecule has 17 heteroatoms. The van der Waals surface area contributed by atoms with Gasteiger partial charge < -0.3 is 32.9 Å². The van der Waals surface area contributed by atoms with Crippen molar-refractivity contribution in [2.75, 3.05) is 11.9 Å². The Balaban J connectivity index is 1.13. The van der Waals surface area contributed by atoms with Gasteiger partial charge in [0.15, 0.2) is 40.7 Å². The van der Waals surface area contributed by atoms with Gasteiger partial charge >= 0.3 is 29.9 Å². The van der Waals surface area contributed by atoms with E-state index < -0.39 is 65.9 Å². The normalized spacial score (nSPS) is 26.4. The Hall–Kier alpha value is -4.82. The van der Waals surface area contributed by atoms with Gasteiger partial charge in [-0.05, 0) is 58.8 Å². The van der Waals surface area contributed by atoms with Crippen molar-refractivity contribution in [3.63, 3.8) is 0 Å². The van der Waals surface area contributed by atoms with Gasteiger partial charge in [0.2, 0.25) is 0 Å². The summed E-state index contributed by atoms with van der Waals surface area (Å²) in [7, 11) is 0. The number of imidazole rings is 1. The maximum absolute atomic E-state index is 14.7. The molecule has 256 valence electrons. The lowest BCUT2D eigenvalue weighted by Crippen LogP contribution is -2.46. The van der Waals surface area contributed by atoms with Crippen molar-refractivity contribution in [1.29, 1.82) is 0 Å². The van der Waals surface area contributed by atoms with Crippen molar-refractivity contribution in [3.05, 3.63) is 34.5 Å². The number of esters is 2. The number of nitrogens with one attached hydrogen (secondary N) is 1. The number of rotatable bonds is 10. The fraction of sp³-hybridized carbons (Fsp3) is 0.581.